The number of halogens is 1. The summed E-state index contributed by atoms with van der Waals surface area (Å²) in [6.07, 6.45) is -0.221. The molecule has 3 N–H and O–H groups in total. The third-order valence-electron chi connectivity index (χ3n) is 3.76. The Hall–Kier alpha value is -2.42. The molecule has 0 saturated carbocycles. The molecule has 0 radical (unpaired) electrons. The molecule has 9 heteroatoms. The Labute approximate surface area is 162 Å². The molecular weight excluding hydrogens is 392 g/mol. The Kier molecular flexibility index (Phi) is 6.59. The SMILES string of the molecule is CCc1ccc(NC(=O)C(C)OC(=O)c2ccc(Cl)c(S(N)(=O)=O)c2)cc1. The van der Waals surface area contributed by atoms with Gasteiger partial charge in [-0.1, -0.05) is 30.7 Å². The maximum atomic E-state index is 12.2. The number of carbonyl (C=O) groups is 2. The molecule has 27 heavy (non-hydrogen) atoms. The average Bonchev–Trinajstić information content (AvgIpc) is 2.61. The van der Waals surface area contributed by atoms with Crippen molar-refractivity contribution in [2.75, 3.05) is 5.32 Å². The highest BCUT2D eigenvalue weighted by Gasteiger charge is 2.21. The minimum absolute atomic E-state index is 0.0876. The summed E-state index contributed by atoms with van der Waals surface area (Å²) in [5.41, 5.74) is 1.61. The number of nitrogens with two attached hydrogens (primary N) is 1. The normalized spacial score (nSPS) is 12.3. The van der Waals surface area contributed by atoms with Gasteiger partial charge in [0, 0.05) is 5.69 Å². The first-order chi connectivity index (χ1) is 12.6. The van der Waals surface area contributed by atoms with Gasteiger partial charge in [0.05, 0.1) is 10.6 Å². The molecule has 0 heterocycles. The van der Waals surface area contributed by atoms with Gasteiger partial charge in [0.15, 0.2) is 6.10 Å². The van der Waals surface area contributed by atoms with Crippen LogP contribution in [0.1, 0.15) is 29.8 Å². The fourth-order valence-electron chi connectivity index (χ4n) is 2.20. The van der Waals surface area contributed by atoms with Crippen molar-refractivity contribution in [2.24, 2.45) is 5.14 Å². The minimum atomic E-state index is -4.10. The standard InChI is InChI=1S/C18H19ClN2O5S/c1-3-12-4-7-14(8-5-12)21-17(22)11(2)26-18(23)13-6-9-15(19)16(10-13)27(20,24)25/h4-11H,3H2,1-2H3,(H,21,22)(H2,20,24,25). The number of nitrogens with one attached hydrogen (secondary N) is 1. The molecule has 1 amide bonds. The number of hydrogen-bond donors (Lipinski definition) is 2. The van der Waals surface area contributed by atoms with Crippen molar-refractivity contribution in [3.8, 4) is 0 Å². The van der Waals surface area contributed by atoms with E-state index in [0.717, 1.165) is 18.1 Å². The van der Waals surface area contributed by atoms with Gasteiger partial charge in [0.2, 0.25) is 10.0 Å². The minimum Gasteiger partial charge on any atom is -0.449 e. The molecule has 2 aromatic rings. The molecule has 2 rings (SSSR count). The second-order valence-electron chi connectivity index (χ2n) is 5.78. The van der Waals surface area contributed by atoms with Crippen LogP contribution in [0.3, 0.4) is 0 Å². The molecule has 0 fully saturated rings. The Balaban J connectivity index is 2.07. The lowest BCUT2D eigenvalue weighted by Crippen LogP contribution is -2.30. The van der Waals surface area contributed by atoms with Gasteiger partial charge in [-0.15, -0.1) is 0 Å². The maximum Gasteiger partial charge on any atom is 0.338 e. The number of anilines is 1. The molecule has 0 saturated heterocycles. The van der Waals surface area contributed by atoms with Crippen molar-refractivity contribution in [2.45, 2.75) is 31.3 Å². The zero-order valence-electron chi connectivity index (χ0n) is 14.7. The van der Waals surface area contributed by atoms with Gasteiger partial charge in [-0.25, -0.2) is 18.4 Å². The summed E-state index contributed by atoms with van der Waals surface area (Å²) >= 11 is 5.78. The summed E-state index contributed by atoms with van der Waals surface area (Å²) < 4.78 is 28.1. The molecule has 0 spiro atoms. The molecule has 0 aliphatic carbocycles. The molecule has 0 bridgehead atoms. The number of rotatable bonds is 6. The lowest BCUT2D eigenvalue weighted by Gasteiger charge is -2.14. The predicted octanol–water partition coefficient (Wildman–Crippen LogP) is 2.73. The molecule has 7 nitrogen and oxygen atoms in total. The molecule has 144 valence electrons. The van der Waals surface area contributed by atoms with E-state index < -0.39 is 32.9 Å². The van der Waals surface area contributed by atoms with Crippen molar-refractivity contribution in [3.05, 3.63) is 58.6 Å². The van der Waals surface area contributed by atoms with E-state index in [1.54, 1.807) is 12.1 Å². The first kappa shape index (κ1) is 20.9. The average molecular weight is 411 g/mol. The van der Waals surface area contributed by atoms with Gasteiger partial charge in [-0.3, -0.25) is 4.79 Å². The molecule has 2 aromatic carbocycles. The number of esters is 1. The van der Waals surface area contributed by atoms with E-state index in [4.69, 9.17) is 21.5 Å². The number of amides is 1. The lowest BCUT2D eigenvalue weighted by molar-refractivity contribution is -0.123. The van der Waals surface area contributed by atoms with Crippen LogP contribution in [0.2, 0.25) is 5.02 Å². The van der Waals surface area contributed by atoms with E-state index in [2.05, 4.69) is 5.32 Å². The number of benzene rings is 2. The van der Waals surface area contributed by atoms with Crippen LogP contribution >= 0.6 is 11.6 Å². The monoisotopic (exact) mass is 410 g/mol. The fraction of sp³-hybridized carbons (Fsp3) is 0.222. The maximum absolute atomic E-state index is 12.2. The molecule has 1 atom stereocenters. The van der Waals surface area contributed by atoms with Crippen LogP contribution < -0.4 is 10.5 Å². The van der Waals surface area contributed by atoms with Gasteiger partial charge in [0.1, 0.15) is 4.90 Å². The first-order valence-corrected chi connectivity index (χ1v) is 9.97. The van der Waals surface area contributed by atoms with E-state index in [1.165, 1.54) is 19.1 Å². The predicted molar refractivity (Wildman–Crippen MR) is 102 cm³/mol. The van der Waals surface area contributed by atoms with Crippen molar-refractivity contribution in [3.63, 3.8) is 0 Å². The fourth-order valence-corrected chi connectivity index (χ4v) is 3.27. The number of sulfonamides is 1. The van der Waals surface area contributed by atoms with Crippen molar-refractivity contribution in [1.82, 2.24) is 0 Å². The Morgan fingerprint density at radius 1 is 1.19 bits per heavy atom. The van der Waals surface area contributed by atoms with Crippen molar-refractivity contribution < 1.29 is 22.7 Å². The number of hydrogen-bond acceptors (Lipinski definition) is 5. The largest absolute Gasteiger partial charge is 0.449 e. The highest BCUT2D eigenvalue weighted by molar-refractivity contribution is 7.89. The van der Waals surface area contributed by atoms with Gasteiger partial charge in [0.25, 0.3) is 5.91 Å². The summed E-state index contributed by atoms with van der Waals surface area (Å²) in [7, 11) is -4.10. The zero-order valence-corrected chi connectivity index (χ0v) is 16.3. The van der Waals surface area contributed by atoms with Crippen LogP contribution in [0.25, 0.3) is 0 Å². The molecule has 0 aliphatic rings. The zero-order chi connectivity index (χ0) is 20.2. The van der Waals surface area contributed by atoms with Crippen LogP contribution in [-0.2, 0) is 26.0 Å². The second kappa shape index (κ2) is 8.51. The molecular formula is C18H19ClN2O5S. The third-order valence-corrected chi connectivity index (χ3v) is 5.15. The number of aryl methyl sites for hydroxylation is 1. The Morgan fingerprint density at radius 3 is 2.37 bits per heavy atom. The Bertz CT molecular complexity index is 958. The van der Waals surface area contributed by atoms with E-state index >= 15 is 0 Å². The van der Waals surface area contributed by atoms with E-state index in [1.807, 2.05) is 19.1 Å². The van der Waals surface area contributed by atoms with E-state index in [9.17, 15) is 18.0 Å². The smallest absolute Gasteiger partial charge is 0.338 e. The highest BCUT2D eigenvalue weighted by Crippen LogP contribution is 2.22. The van der Waals surface area contributed by atoms with Gasteiger partial charge >= 0.3 is 5.97 Å². The first-order valence-electron chi connectivity index (χ1n) is 8.05. The van der Waals surface area contributed by atoms with Crippen molar-refractivity contribution in [1.29, 1.82) is 0 Å². The molecule has 1 unspecified atom stereocenters. The van der Waals surface area contributed by atoms with Crippen LogP contribution in [0, 0.1) is 0 Å². The Morgan fingerprint density at radius 2 is 1.81 bits per heavy atom. The highest BCUT2D eigenvalue weighted by atomic mass is 35.5. The summed E-state index contributed by atoms with van der Waals surface area (Å²) in [5.74, 6) is -1.39. The third kappa shape index (κ3) is 5.53. The topological polar surface area (TPSA) is 116 Å². The summed E-state index contributed by atoms with van der Waals surface area (Å²) in [6.45, 7) is 3.43. The quantitative estimate of drug-likeness (QED) is 0.710. The van der Waals surface area contributed by atoms with Crippen molar-refractivity contribution >= 4 is 39.2 Å². The van der Waals surface area contributed by atoms with Gasteiger partial charge in [-0.2, -0.15) is 0 Å². The number of primary sulfonamides is 1. The van der Waals surface area contributed by atoms with Crippen LogP contribution in [0.15, 0.2) is 47.4 Å². The lowest BCUT2D eigenvalue weighted by atomic mass is 10.1. The molecule has 0 aromatic heterocycles. The van der Waals surface area contributed by atoms with Gasteiger partial charge < -0.3 is 10.1 Å². The van der Waals surface area contributed by atoms with E-state index in [-0.39, 0.29) is 10.6 Å². The van der Waals surface area contributed by atoms with Crippen LogP contribution in [0.4, 0.5) is 5.69 Å². The number of ether oxygens (including phenoxy) is 1. The van der Waals surface area contributed by atoms with E-state index in [0.29, 0.717) is 5.69 Å². The van der Waals surface area contributed by atoms with Gasteiger partial charge in [-0.05, 0) is 49.2 Å². The summed E-state index contributed by atoms with van der Waals surface area (Å²) in [5, 5.41) is 7.58. The van der Waals surface area contributed by atoms with Crippen LogP contribution in [0.5, 0.6) is 0 Å². The number of carbonyl (C=O) groups excluding carboxylic acids is 2. The summed E-state index contributed by atoms with van der Waals surface area (Å²) in [4.78, 5) is 24.0. The second-order valence-corrected chi connectivity index (χ2v) is 7.71. The van der Waals surface area contributed by atoms with Crippen LogP contribution in [-0.4, -0.2) is 26.4 Å². The summed E-state index contributed by atoms with van der Waals surface area (Å²) in [6, 6.07) is 10.8. The molecule has 0 aliphatic heterocycles.